The van der Waals surface area contributed by atoms with E-state index in [0.29, 0.717) is 30.6 Å². The minimum Gasteiger partial charge on any atom is -0.491 e. The molecule has 0 unspecified atom stereocenters. The van der Waals surface area contributed by atoms with Gasteiger partial charge in [-0.25, -0.2) is 0 Å². The summed E-state index contributed by atoms with van der Waals surface area (Å²) in [7, 11) is 5.84. The Morgan fingerprint density at radius 2 is 2.00 bits per heavy atom. The molecule has 1 fully saturated rings. The lowest BCUT2D eigenvalue weighted by atomic mass is 10.0. The van der Waals surface area contributed by atoms with Gasteiger partial charge >= 0.3 is 0 Å². The molecule has 0 aromatic heterocycles. The zero-order chi connectivity index (χ0) is 15.9. The maximum atomic E-state index is 12.6. The Morgan fingerprint density at radius 3 is 2.64 bits per heavy atom. The van der Waals surface area contributed by atoms with Gasteiger partial charge in [-0.1, -0.05) is 6.07 Å². The summed E-state index contributed by atoms with van der Waals surface area (Å²) in [4.78, 5) is 16.8. The molecular weight excluding hydrogens is 280 g/mol. The van der Waals surface area contributed by atoms with Crippen molar-refractivity contribution in [1.29, 1.82) is 0 Å². The summed E-state index contributed by atoms with van der Waals surface area (Å²) in [6.45, 7) is 2.66. The number of ether oxygens (including phenoxy) is 2. The van der Waals surface area contributed by atoms with Crippen LogP contribution in [0.2, 0.25) is 0 Å². The lowest BCUT2D eigenvalue weighted by Gasteiger charge is -2.35. The third kappa shape index (κ3) is 4.45. The molecule has 5 heteroatoms. The predicted octanol–water partition coefficient (Wildman–Crippen LogP) is 1.88. The maximum absolute atomic E-state index is 12.6. The zero-order valence-electron chi connectivity index (χ0n) is 13.7. The molecule has 0 atom stereocenters. The molecule has 0 spiro atoms. The Hall–Kier alpha value is -1.59. The van der Waals surface area contributed by atoms with Crippen molar-refractivity contribution >= 4 is 5.91 Å². The van der Waals surface area contributed by atoms with E-state index in [9.17, 15) is 4.79 Å². The van der Waals surface area contributed by atoms with Crippen molar-refractivity contribution in [3.05, 3.63) is 29.8 Å². The van der Waals surface area contributed by atoms with Crippen LogP contribution < -0.4 is 4.74 Å². The molecule has 0 bridgehead atoms. The lowest BCUT2D eigenvalue weighted by Crippen LogP contribution is -2.44. The molecule has 122 valence electrons. The van der Waals surface area contributed by atoms with Crippen molar-refractivity contribution in [1.82, 2.24) is 9.80 Å². The van der Waals surface area contributed by atoms with Gasteiger partial charge in [-0.05, 0) is 45.1 Å². The van der Waals surface area contributed by atoms with Gasteiger partial charge in [-0.3, -0.25) is 4.79 Å². The van der Waals surface area contributed by atoms with Crippen LogP contribution in [0.4, 0.5) is 0 Å². The first-order valence-corrected chi connectivity index (χ1v) is 7.79. The summed E-state index contributed by atoms with van der Waals surface area (Å²) >= 11 is 0. The number of methoxy groups -OCH3 is 1. The second-order valence-corrected chi connectivity index (χ2v) is 5.86. The Balaban J connectivity index is 1.94. The van der Waals surface area contributed by atoms with Crippen molar-refractivity contribution < 1.29 is 14.3 Å². The number of nitrogens with zero attached hydrogens (tertiary/aromatic N) is 2. The van der Waals surface area contributed by atoms with Crippen LogP contribution in [-0.2, 0) is 4.74 Å². The Morgan fingerprint density at radius 1 is 1.27 bits per heavy atom. The molecular formula is C17H26N2O3. The monoisotopic (exact) mass is 306 g/mol. The van der Waals surface area contributed by atoms with E-state index in [1.54, 1.807) is 7.11 Å². The molecule has 22 heavy (non-hydrogen) atoms. The molecule has 1 aliphatic heterocycles. The first kappa shape index (κ1) is 16.8. The first-order valence-electron chi connectivity index (χ1n) is 7.79. The molecule has 0 radical (unpaired) electrons. The fourth-order valence-corrected chi connectivity index (χ4v) is 2.73. The summed E-state index contributed by atoms with van der Waals surface area (Å²) in [5.74, 6) is 0.806. The summed E-state index contributed by atoms with van der Waals surface area (Å²) < 4.78 is 10.5. The van der Waals surface area contributed by atoms with E-state index < -0.39 is 0 Å². The van der Waals surface area contributed by atoms with Crippen molar-refractivity contribution in [3.63, 3.8) is 0 Å². The fraction of sp³-hybridized carbons (Fsp3) is 0.588. The summed E-state index contributed by atoms with van der Waals surface area (Å²) in [6, 6.07) is 7.97. The van der Waals surface area contributed by atoms with Gasteiger partial charge in [0.2, 0.25) is 0 Å². The van der Waals surface area contributed by atoms with Crippen LogP contribution in [0.5, 0.6) is 5.75 Å². The third-order valence-electron chi connectivity index (χ3n) is 4.12. The topological polar surface area (TPSA) is 42.0 Å². The first-order chi connectivity index (χ1) is 10.6. The lowest BCUT2D eigenvalue weighted by molar-refractivity contribution is 0.0662. The summed E-state index contributed by atoms with van der Waals surface area (Å²) in [6.07, 6.45) is 2.06. The number of hydrogen-bond donors (Lipinski definition) is 0. The second-order valence-electron chi connectivity index (χ2n) is 5.86. The highest BCUT2D eigenvalue weighted by atomic mass is 16.5. The minimum atomic E-state index is 0.0920. The molecule has 1 saturated heterocycles. The van der Waals surface area contributed by atoms with E-state index in [1.165, 1.54) is 0 Å². The summed E-state index contributed by atoms with van der Waals surface area (Å²) in [5, 5.41) is 0. The molecule has 1 aromatic rings. The van der Waals surface area contributed by atoms with E-state index in [-0.39, 0.29) is 5.91 Å². The SMILES string of the molecule is COCCOc1cccc(C(=O)N2CCC(N(C)C)CC2)c1. The number of carbonyl (C=O) groups is 1. The van der Waals surface area contributed by atoms with Crippen molar-refractivity contribution in [2.24, 2.45) is 0 Å². The van der Waals surface area contributed by atoms with E-state index in [2.05, 4.69) is 19.0 Å². The van der Waals surface area contributed by atoms with Crippen molar-refractivity contribution in [3.8, 4) is 5.75 Å². The maximum Gasteiger partial charge on any atom is 0.253 e. The van der Waals surface area contributed by atoms with Gasteiger partial charge in [0.25, 0.3) is 5.91 Å². The Kier molecular flexibility index (Phi) is 6.21. The number of hydrogen-bond acceptors (Lipinski definition) is 4. The average molecular weight is 306 g/mol. The van der Waals surface area contributed by atoms with Crippen LogP contribution in [0.1, 0.15) is 23.2 Å². The van der Waals surface area contributed by atoms with Gasteiger partial charge in [-0.2, -0.15) is 0 Å². The van der Waals surface area contributed by atoms with E-state index in [1.807, 2.05) is 29.2 Å². The van der Waals surface area contributed by atoms with Crippen LogP contribution in [0.25, 0.3) is 0 Å². The fourth-order valence-electron chi connectivity index (χ4n) is 2.73. The van der Waals surface area contributed by atoms with Gasteiger partial charge in [0.1, 0.15) is 12.4 Å². The number of likely N-dealkylation sites (tertiary alicyclic amines) is 1. The quantitative estimate of drug-likeness (QED) is 0.753. The largest absolute Gasteiger partial charge is 0.491 e. The molecule has 0 saturated carbocycles. The minimum absolute atomic E-state index is 0.0920. The van der Waals surface area contributed by atoms with Crippen LogP contribution in [0, 0.1) is 0 Å². The van der Waals surface area contributed by atoms with Gasteiger partial charge in [-0.15, -0.1) is 0 Å². The predicted molar refractivity (Wildman–Crippen MR) is 86.4 cm³/mol. The van der Waals surface area contributed by atoms with Gasteiger partial charge in [0, 0.05) is 31.8 Å². The third-order valence-corrected chi connectivity index (χ3v) is 4.12. The highest BCUT2D eigenvalue weighted by Crippen LogP contribution is 2.19. The molecule has 1 aliphatic rings. The molecule has 1 heterocycles. The number of amides is 1. The van der Waals surface area contributed by atoms with Crippen molar-refractivity contribution in [2.75, 3.05) is 47.5 Å². The summed E-state index contributed by atoms with van der Waals surface area (Å²) in [5.41, 5.74) is 0.693. The molecule has 5 nitrogen and oxygen atoms in total. The van der Waals surface area contributed by atoms with E-state index in [4.69, 9.17) is 9.47 Å². The average Bonchev–Trinajstić information content (AvgIpc) is 2.55. The van der Waals surface area contributed by atoms with Crippen LogP contribution in [-0.4, -0.2) is 69.3 Å². The van der Waals surface area contributed by atoms with E-state index >= 15 is 0 Å². The second kappa shape index (κ2) is 8.15. The smallest absolute Gasteiger partial charge is 0.253 e. The van der Waals surface area contributed by atoms with Crippen molar-refractivity contribution in [2.45, 2.75) is 18.9 Å². The van der Waals surface area contributed by atoms with Crippen LogP contribution in [0.3, 0.4) is 0 Å². The van der Waals surface area contributed by atoms with Gasteiger partial charge < -0.3 is 19.3 Å². The van der Waals surface area contributed by atoms with Gasteiger partial charge in [0.15, 0.2) is 0 Å². The zero-order valence-corrected chi connectivity index (χ0v) is 13.7. The Bertz CT molecular complexity index is 483. The molecule has 0 N–H and O–H groups in total. The molecule has 0 aliphatic carbocycles. The normalized spacial score (nSPS) is 16.1. The number of piperidine rings is 1. The Labute approximate surface area is 132 Å². The highest BCUT2D eigenvalue weighted by molar-refractivity contribution is 5.94. The van der Waals surface area contributed by atoms with Gasteiger partial charge in [0.05, 0.1) is 6.61 Å². The molecule has 1 amide bonds. The number of rotatable bonds is 6. The molecule has 1 aromatic carbocycles. The van der Waals surface area contributed by atoms with Crippen LogP contribution in [0.15, 0.2) is 24.3 Å². The number of benzene rings is 1. The van der Waals surface area contributed by atoms with E-state index in [0.717, 1.165) is 25.9 Å². The van der Waals surface area contributed by atoms with Crippen LogP contribution >= 0.6 is 0 Å². The highest BCUT2D eigenvalue weighted by Gasteiger charge is 2.24. The number of carbonyl (C=O) groups excluding carboxylic acids is 1. The standard InChI is InChI=1S/C17H26N2O3/c1-18(2)15-7-9-19(10-8-15)17(20)14-5-4-6-16(13-14)22-12-11-21-3/h4-6,13,15H,7-12H2,1-3H3. The molecule has 2 rings (SSSR count).